The summed E-state index contributed by atoms with van der Waals surface area (Å²) in [6, 6.07) is 9.04. The summed E-state index contributed by atoms with van der Waals surface area (Å²) < 4.78 is 0. The molecule has 1 unspecified atom stereocenters. The SMILES string of the molecule is CCc1nc(C)c(C(=O)NCC(CC)(C(=O)O)c2ccccc2)s1. The maximum Gasteiger partial charge on any atom is 0.315 e. The van der Waals surface area contributed by atoms with Crippen LogP contribution in [0.2, 0.25) is 0 Å². The molecular formula is C18H22N2O3S. The molecule has 0 radical (unpaired) electrons. The van der Waals surface area contributed by atoms with Crippen LogP contribution in [0.15, 0.2) is 30.3 Å². The topological polar surface area (TPSA) is 79.3 Å². The van der Waals surface area contributed by atoms with E-state index in [-0.39, 0.29) is 12.5 Å². The van der Waals surface area contributed by atoms with Crippen molar-refractivity contribution in [1.82, 2.24) is 10.3 Å². The second-order valence-electron chi connectivity index (χ2n) is 5.67. The number of aromatic nitrogens is 1. The van der Waals surface area contributed by atoms with E-state index in [1.165, 1.54) is 11.3 Å². The number of carboxylic acid groups (broad SMARTS) is 1. The average molecular weight is 346 g/mol. The van der Waals surface area contributed by atoms with Crippen molar-refractivity contribution in [1.29, 1.82) is 0 Å². The van der Waals surface area contributed by atoms with Gasteiger partial charge in [-0.25, -0.2) is 4.98 Å². The third-order valence-electron chi connectivity index (χ3n) is 4.24. The highest BCUT2D eigenvalue weighted by Crippen LogP contribution is 2.28. The number of rotatable bonds is 7. The van der Waals surface area contributed by atoms with Crippen LogP contribution in [-0.2, 0) is 16.6 Å². The van der Waals surface area contributed by atoms with Crippen LogP contribution in [0, 0.1) is 6.92 Å². The summed E-state index contributed by atoms with van der Waals surface area (Å²) in [5, 5.41) is 13.5. The fourth-order valence-corrected chi connectivity index (χ4v) is 3.59. The Labute approximate surface area is 145 Å². The fourth-order valence-electron chi connectivity index (χ4n) is 2.66. The summed E-state index contributed by atoms with van der Waals surface area (Å²) in [4.78, 5) is 29.3. The summed E-state index contributed by atoms with van der Waals surface area (Å²) in [5.74, 6) is -1.20. The zero-order valence-corrected chi connectivity index (χ0v) is 14.9. The molecule has 1 amide bonds. The number of hydrogen-bond acceptors (Lipinski definition) is 4. The number of amides is 1. The van der Waals surface area contributed by atoms with Gasteiger partial charge >= 0.3 is 5.97 Å². The van der Waals surface area contributed by atoms with Crippen LogP contribution < -0.4 is 5.32 Å². The van der Waals surface area contributed by atoms with E-state index in [9.17, 15) is 14.7 Å². The molecular weight excluding hydrogens is 324 g/mol. The van der Waals surface area contributed by atoms with Crippen molar-refractivity contribution in [3.8, 4) is 0 Å². The van der Waals surface area contributed by atoms with Gasteiger partial charge in [0.25, 0.3) is 5.91 Å². The molecule has 6 heteroatoms. The lowest BCUT2D eigenvalue weighted by atomic mass is 9.78. The first-order valence-electron chi connectivity index (χ1n) is 7.98. The number of nitrogens with one attached hydrogen (secondary N) is 1. The number of benzene rings is 1. The minimum atomic E-state index is -1.14. The van der Waals surface area contributed by atoms with Crippen molar-refractivity contribution in [2.24, 2.45) is 0 Å². The van der Waals surface area contributed by atoms with Crippen LogP contribution in [-0.4, -0.2) is 28.5 Å². The Morgan fingerprint density at radius 2 is 1.92 bits per heavy atom. The summed E-state index contributed by atoms with van der Waals surface area (Å²) in [5.41, 5.74) is 0.241. The molecule has 0 spiro atoms. The maximum absolute atomic E-state index is 12.5. The van der Waals surface area contributed by atoms with Gasteiger partial charge in [0.15, 0.2) is 0 Å². The van der Waals surface area contributed by atoms with Crippen molar-refractivity contribution >= 4 is 23.2 Å². The zero-order valence-electron chi connectivity index (χ0n) is 14.1. The molecule has 24 heavy (non-hydrogen) atoms. The Bertz CT molecular complexity index is 727. The van der Waals surface area contributed by atoms with E-state index < -0.39 is 11.4 Å². The maximum atomic E-state index is 12.5. The highest BCUT2D eigenvalue weighted by Gasteiger charge is 2.39. The predicted octanol–water partition coefficient (Wildman–Crippen LogP) is 3.18. The largest absolute Gasteiger partial charge is 0.481 e. The van der Waals surface area contributed by atoms with Gasteiger partial charge in [-0.05, 0) is 25.3 Å². The van der Waals surface area contributed by atoms with E-state index in [2.05, 4.69) is 10.3 Å². The normalized spacial score (nSPS) is 13.3. The third-order valence-corrected chi connectivity index (χ3v) is 5.54. The number of nitrogens with zero attached hydrogens (tertiary/aromatic N) is 1. The van der Waals surface area contributed by atoms with E-state index in [1.54, 1.807) is 19.1 Å². The van der Waals surface area contributed by atoms with Crippen molar-refractivity contribution in [2.45, 2.75) is 39.0 Å². The Kier molecular flexibility index (Phi) is 5.72. The molecule has 0 fully saturated rings. The Balaban J connectivity index is 2.23. The van der Waals surface area contributed by atoms with Gasteiger partial charge in [-0.2, -0.15) is 0 Å². The highest BCUT2D eigenvalue weighted by atomic mass is 32.1. The van der Waals surface area contributed by atoms with Gasteiger partial charge in [-0.15, -0.1) is 11.3 Å². The molecule has 1 atom stereocenters. The number of carbonyl (C=O) groups excluding carboxylic acids is 1. The van der Waals surface area contributed by atoms with Crippen molar-refractivity contribution < 1.29 is 14.7 Å². The number of carbonyl (C=O) groups is 2. The van der Waals surface area contributed by atoms with E-state index in [0.717, 1.165) is 11.4 Å². The monoisotopic (exact) mass is 346 g/mol. The van der Waals surface area contributed by atoms with Gasteiger partial charge in [-0.1, -0.05) is 44.2 Å². The smallest absolute Gasteiger partial charge is 0.315 e. The fraction of sp³-hybridized carbons (Fsp3) is 0.389. The first-order valence-corrected chi connectivity index (χ1v) is 8.79. The van der Waals surface area contributed by atoms with Crippen LogP contribution in [0.25, 0.3) is 0 Å². The number of thiazole rings is 1. The van der Waals surface area contributed by atoms with Gasteiger partial charge in [0.05, 0.1) is 10.7 Å². The molecule has 0 aliphatic rings. The zero-order chi connectivity index (χ0) is 17.7. The summed E-state index contributed by atoms with van der Waals surface area (Å²) in [7, 11) is 0. The lowest BCUT2D eigenvalue weighted by Gasteiger charge is -2.29. The minimum absolute atomic E-state index is 0.0421. The van der Waals surface area contributed by atoms with E-state index >= 15 is 0 Å². The molecule has 2 N–H and O–H groups in total. The van der Waals surface area contributed by atoms with Gasteiger partial charge in [0, 0.05) is 6.54 Å². The molecule has 1 aromatic carbocycles. The molecule has 0 aliphatic heterocycles. The van der Waals surface area contributed by atoms with Crippen molar-refractivity contribution in [3.63, 3.8) is 0 Å². The molecule has 5 nitrogen and oxygen atoms in total. The van der Waals surface area contributed by atoms with Crippen molar-refractivity contribution in [3.05, 3.63) is 51.5 Å². The minimum Gasteiger partial charge on any atom is -0.481 e. The standard InChI is InChI=1S/C18H22N2O3S/c1-4-14-20-12(3)15(24-14)16(21)19-11-18(5-2,17(22)23)13-9-7-6-8-10-13/h6-10H,4-5,11H2,1-3H3,(H,19,21)(H,22,23). The average Bonchev–Trinajstić information content (AvgIpc) is 2.97. The predicted molar refractivity (Wildman–Crippen MR) is 94.6 cm³/mol. The quantitative estimate of drug-likeness (QED) is 0.807. The molecule has 0 bridgehead atoms. The van der Waals surface area contributed by atoms with Crippen LogP contribution in [0.1, 0.15) is 46.2 Å². The molecule has 128 valence electrons. The van der Waals surface area contributed by atoms with Crippen LogP contribution in [0.3, 0.4) is 0 Å². The first kappa shape index (κ1) is 18.1. The van der Waals surface area contributed by atoms with E-state index in [4.69, 9.17) is 0 Å². The summed E-state index contributed by atoms with van der Waals surface area (Å²) in [6.45, 7) is 5.65. The number of aryl methyl sites for hydroxylation is 2. The third kappa shape index (κ3) is 3.48. The van der Waals surface area contributed by atoms with Crippen LogP contribution >= 0.6 is 11.3 Å². The lowest BCUT2D eigenvalue weighted by Crippen LogP contribution is -2.46. The number of carboxylic acids is 1. The molecule has 2 rings (SSSR count). The molecule has 1 heterocycles. The molecule has 0 saturated heterocycles. The molecule has 2 aromatic rings. The Morgan fingerprint density at radius 3 is 2.42 bits per heavy atom. The second-order valence-corrected chi connectivity index (χ2v) is 6.75. The molecule has 0 aliphatic carbocycles. The first-order chi connectivity index (χ1) is 11.4. The number of hydrogen-bond donors (Lipinski definition) is 2. The molecule has 0 saturated carbocycles. The van der Waals surface area contributed by atoms with Crippen molar-refractivity contribution in [2.75, 3.05) is 6.54 Å². The second kappa shape index (κ2) is 7.57. The van der Waals surface area contributed by atoms with Crippen LogP contribution in [0.4, 0.5) is 0 Å². The highest BCUT2D eigenvalue weighted by molar-refractivity contribution is 7.13. The van der Waals surface area contributed by atoms with Gasteiger partial charge in [0.2, 0.25) is 0 Å². The summed E-state index contributed by atoms with van der Waals surface area (Å²) in [6.07, 6.45) is 1.16. The lowest BCUT2D eigenvalue weighted by molar-refractivity contribution is -0.143. The summed E-state index contributed by atoms with van der Waals surface area (Å²) >= 11 is 1.36. The van der Waals surface area contributed by atoms with Gasteiger partial charge in [-0.3, -0.25) is 9.59 Å². The number of aliphatic carboxylic acids is 1. The van der Waals surface area contributed by atoms with Gasteiger partial charge in [0.1, 0.15) is 10.3 Å². The van der Waals surface area contributed by atoms with E-state index in [1.807, 2.05) is 32.0 Å². The Morgan fingerprint density at radius 1 is 1.25 bits per heavy atom. The van der Waals surface area contributed by atoms with Crippen LogP contribution in [0.5, 0.6) is 0 Å². The van der Waals surface area contributed by atoms with Gasteiger partial charge < -0.3 is 10.4 Å². The van der Waals surface area contributed by atoms with E-state index in [0.29, 0.717) is 22.6 Å². The molecule has 1 aromatic heterocycles. The Hall–Kier alpha value is -2.21.